The summed E-state index contributed by atoms with van der Waals surface area (Å²) < 4.78 is 51.1. The molecule has 1 aliphatic heterocycles. The summed E-state index contributed by atoms with van der Waals surface area (Å²) in [4.78, 5) is 25.1. The fourth-order valence-electron chi connectivity index (χ4n) is 3.68. The van der Waals surface area contributed by atoms with Gasteiger partial charge in [0.1, 0.15) is 22.2 Å². The monoisotopic (exact) mass is 483 g/mol. The van der Waals surface area contributed by atoms with Gasteiger partial charge in [0.15, 0.2) is 5.78 Å². The van der Waals surface area contributed by atoms with Gasteiger partial charge < -0.3 is 9.47 Å². The van der Waals surface area contributed by atoms with E-state index in [9.17, 15) is 22.4 Å². The molecule has 0 spiro atoms. The van der Waals surface area contributed by atoms with Gasteiger partial charge in [-0.25, -0.2) is 17.6 Å². The molecule has 0 saturated carbocycles. The zero-order chi connectivity index (χ0) is 24.3. The molecule has 0 bridgehead atoms. The average Bonchev–Trinajstić information content (AvgIpc) is 3.40. The Labute approximate surface area is 196 Å². The number of ether oxygens (including phenoxy) is 2. The molecule has 34 heavy (non-hydrogen) atoms. The van der Waals surface area contributed by atoms with E-state index in [2.05, 4.69) is 0 Å². The third kappa shape index (κ3) is 4.85. The molecular weight excluding hydrogens is 461 g/mol. The molecule has 1 heterocycles. The lowest BCUT2D eigenvalue weighted by Crippen LogP contribution is -2.28. The Balaban J connectivity index is 1.52. The van der Waals surface area contributed by atoms with Gasteiger partial charge in [-0.1, -0.05) is 0 Å². The summed E-state index contributed by atoms with van der Waals surface area (Å²) in [6.07, 6.45) is 1.56. The lowest BCUT2D eigenvalue weighted by atomic mass is 10.0. The normalized spacial score (nSPS) is 14.1. The van der Waals surface area contributed by atoms with Crippen LogP contribution in [0.25, 0.3) is 0 Å². The Morgan fingerprint density at radius 1 is 0.853 bits per heavy atom. The molecule has 7 nitrogen and oxygen atoms in total. The van der Waals surface area contributed by atoms with Gasteiger partial charge in [0, 0.05) is 24.2 Å². The van der Waals surface area contributed by atoms with E-state index < -0.39 is 21.8 Å². The number of rotatable bonds is 7. The predicted molar refractivity (Wildman–Crippen MR) is 122 cm³/mol. The highest BCUT2D eigenvalue weighted by atomic mass is 32.2. The molecule has 0 unspecified atom stereocenters. The largest absolute Gasteiger partial charge is 0.495 e. The fourth-order valence-corrected chi connectivity index (χ4v) is 5.38. The number of nitrogens with zero attached hydrogens (tertiary/aromatic N) is 1. The maximum absolute atomic E-state index is 13.1. The van der Waals surface area contributed by atoms with Crippen LogP contribution in [0, 0.1) is 5.82 Å². The fraction of sp³-hybridized carbons (Fsp3) is 0.200. The molecule has 9 heteroatoms. The molecule has 0 atom stereocenters. The van der Waals surface area contributed by atoms with E-state index in [0.29, 0.717) is 24.2 Å². The number of hydrogen-bond donors (Lipinski definition) is 0. The minimum Gasteiger partial charge on any atom is -0.495 e. The molecule has 0 aliphatic carbocycles. The molecule has 0 amide bonds. The van der Waals surface area contributed by atoms with Gasteiger partial charge in [0.2, 0.25) is 10.0 Å². The van der Waals surface area contributed by atoms with Gasteiger partial charge >= 0.3 is 5.97 Å². The van der Waals surface area contributed by atoms with E-state index in [1.165, 1.54) is 78.1 Å². The summed E-state index contributed by atoms with van der Waals surface area (Å²) in [6, 6.07) is 15.2. The standard InChI is InChI=1S/C25H22FNO6S/c1-32-22-13-8-19(16-23(22)34(30,31)27-14-2-3-15-27)25(29)33-21-11-6-18(7-12-21)24(28)17-4-9-20(26)10-5-17/h4-13,16H,2-3,14-15H2,1H3. The maximum atomic E-state index is 13.1. The third-order valence-electron chi connectivity index (χ3n) is 5.52. The number of benzene rings is 3. The van der Waals surface area contributed by atoms with Crippen LogP contribution in [0.4, 0.5) is 4.39 Å². The molecule has 0 N–H and O–H groups in total. The number of esters is 1. The van der Waals surface area contributed by atoms with Crippen LogP contribution in [0.2, 0.25) is 0 Å². The van der Waals surface area contributed by atoms with Gasteiger partial charge in [0.05, 0.1) is 12.7 Å². The molecule has 0 radical (unpaired) electrons. The zero-order valence-electron chi connectivity index (χ0n) is 18.4. The van der Waals surface area contributed by atoms with Crippen molar-refractivity contribution in [2.45, 2.75) is 17.7 Å². The van der Waals surface area contributed by atoms with E-state index in [-0.39, 0.29) is 27.7 Å². The summed E-state index contributed by atoms with van der Waals surface area (Å²) in [5, 5.41) is 0. The number of carbonyl (C=O) groups is 2. The highest BCUT2D eigenvalue weighted by Gasteiger charge is 2.31. The highest BCUT2D eigenvalue weighted by molar-refractivity contribution is 7.89. The molecule has 1 fully saturated rings. The summed E-state index contributed by atoms with van der Waals surface area (Å²) >= 11 is 0. The van der Waals surface area contributed by atoms with Crippen LogP contribution in [0.3, 0.4) is 0 Å². The van der Waals surface area contributed by atoms with Crippen LogP contribution in [-0.4, -0.2) is 44.7 Å². The van der Waals surface area contributed by atoms with Crippen molar-refractivity contribution in [3.8, 4) is 11.5 Å². The van der Waals surface area contributed by atoms with Crippen LogP contribution < -0.4 is 9.47 Å². The Kier molecular flexibility index (Phi) is 6.76. The van der Waals surface area contributed by atoms with Crippen LogP contribution in [0.15, 0.2) is 71.6 Å². The summed E-state index contributed by atoms with van der Waals surface area (Å²) in [6.45, 7) is 0.840. The Morgan fingerprint density at radius 3 is 2.00 bits per heavy atom. The molecule has 1 saturated heterocycles. The lowest BCUT2D eigenvalue weighted by molar-refractivity contribution is 0.0734. The minimum atomic E-state index is -3.81. The quantitative estimate of drug-likeness (QED) is 0.286. The third-order valence-corrected chi connectivity index (χ3v) is 7.44. The number of methoxy groups -OCH3 is 1. The Morgan fingerprint density at radius 2 is 1.41 bits per heavy atom. The first-order valence-corrected chi connectivity index (χ1v) is 12.0. The summed E-state index contributed by atoms with van der Waals surface area (Å²) in [5.74, 6) is -1.16. The van der Waals surface area contributed by atoms with Crippen molar-refractivity contribution in [2.75, 3.05) is 20.2 Å². The van der Waals surface area contributed by atoms with Crippen LogP contribution >= 0.6 is 0 Å². The van der Waals surface area contributed by atoms with E-state index in [4.69, 9.17) is 9.47 Å². The topological polar surface area (TPSA) is 90.0 Å². The van der Waals surface area contributed by atoms with E-state index in [1.807, 2.05) is 0 Å². The van der Waals surface area contributed by atoms with Gasteiger partial charge in [0.25, 0.3) is 0 Å². The molecule has 1 aliphatic rings. The van der Waals surface area contributed by atoms with E-state index in [1.54, 1.807) is 0 Å². The van der Waals surface area contributed by atoms with Crippen molar-refractivity contribution in [3.05, 3.63) is 89.2 Å². The van der Waals surface area contributed by atoms with Crippen molar-refractivity contribution in [2.24, 2.45) is 0 Å². The van der Waals surface area contributed by atoms with Crippen molar-refractivity contribution in [3.63, 3.8) is 0 Å². The number of hydrogen-bond acceptors (Lipinski definition) is 6. The highest BCUT2D eigenvalue weighted by Crippen LogP contribution is 2.30. The molecule has 3 aromatic rings. The molecule has 4 rings (SSSR count). The first-order valence-electron chi connectivity index (χ1n) is 10.6. The summed E-state index contributed by atoms with van der Waals surface area (Å²) in [5.41, 5.74) is 0.719. The number of ketones is 1. The van der Waals surface area contributed by atoms with Gasteiger partial charge in [-0.2, -0.15) is 4.31 Å². The molecule has 3 aromatic carbocycles. The smallest absolute Gasteiger partial charge is 0.343 e. The number of carbonyl (C=O) groups excluding carboxylic acids is 2. The first-order chi connectivity index (χ1) is 16.3. The van der Waals surface area contributed by atoms with Crippen LogP contribution in [-0.2, 0) is 10.0 Å². The SMILES string of the molecule is COc1ccc(C(=O)Oc2ccc(C(=O)c3ccc(F)cc3)cc2)cc1S(=O)(=O)N1CCCC1. The van der Waals surface area contributed by atoms with Gasteiger partial charge in [-0.15, -0.1) is 0 Å². The van der Waals surface area contributed by atoms with Crippen molar-refractivity contribution in [1.29, 1.82) is 0 Å². The van der Waals surface area contributed by atoms with Crippen LogP contribution in [0.1, 0.15) is 39.1 Å². The second-order valence-corrected chi connectivity index (χ2v) is 9.63. The van der Waals surface area contributed by atoms with Crippen molar-refractivity contribution < 1.29 is 31.9 Å². The average molecular weight is 484 g/mol. The maximum Gasteiger partial charge on any atom is 0.343 e. The minimum absolute atomic E-state index is 0.0463. The van der Waals surface area contributed by atoms with Gasteiger partial charge in [-0.3, -0.25) is 4.79 Å². The molecular formula is C25H22FNO6S. The second kappa shape index (κ2) is 9.74. The summed E-state index contributed by atoms with van der Waals surface area (Å²) in [7, 11) is -2.45. The van der Waals surface area contributed by atoms with E-state index in [0.717, 1.165) is 12.8 Å². The first kappa shape index (κ1) is 23.6. The van der Waals surface area contributed by atoms with Crippen LogP contribution in [0.5, 0.6) is 11.5 Å². The Hall–Kier alpha value is -3.56. The predicted octanol–water partition coefficient (Wildman–Crippen LogP) is 4.07. The zero-order valence-corrected chi connectivity index (χ0v) is 19.2. The second-order valence-electron chi connectivity index (χ2n) is 7.73. The van der Waals surface area contributed by atoms with Gasteiger partial charge in [-0.05, 0) is 79.6 Å². The molecule has 176 valence electrons. The lowest BCUT2D eigenvalue weighted by Gasteiger charge is -2.18. The Bertz CT molecular complexity index is 1310. The molecule has 0 aromatic heterocycles. The number of halogens is 1. The van der Waals surface area contributed by atoms with Crippen molar-refractivity contribution in [1.82, 2.24) is 4.31 Å². The number of sulfonamides is 1. The van der Waals surface area contributed by atoms with E-state index >= 15 is 0 Å². The van der Waals surface area contributed by atoms with Crippen molar-refractivity contribution >= 4 is 21.8 Å².